The van der Waals surface area contributed by atoms with Crippen LogP contribution >= 0.6 is 0 Å². The highest BCUT2D eigenvalue weighted by molar-refractivity contribution is 5.54. The molecule has 0 amide bonds. The highest BCUT2D eigenvalue weighted by Gasteiger charge is 2.32. The van der Waals surface area contributed by atoms with Gasteiger partial charge in [-0.3, -0.25) is 0 Å². The van der Waals surface area contributed by atoms with Crippen LogP contribution in [0.4, 0.5) is 11.5 Å². The number of hydrogen-bond donors (Lipinski definition) is 1. The predicted molar refractivity (Wildman–Crippen MR) is 79.8 cm³/mol. The molecular weight excluding hydrogens is 238 g/mol. The van der Waals surface area contributed by atoms with Gasteiger partial charge in [0.2, 0.25) is 0 Å². The predicted octanol–water partition coefficient (Wildman–Crippen LogP) is 2.76. The second-order valence-corrected chi connectivity index (χ2v) is 5.19. The summed E-state index contributed by atoms with van der Waals surface area (Å²) in [6.45, 7) is 7.00. The first kappa shape index (κ1) is 14.1. The zero-order chi connectivity index (χ0) is 13.7. The Hall–Kier alpha value is -1.29. The van der Waals surface area contributed by atoms with Crippen LogP contribution in [0.5, 0.6) is 0 Å². The zero-order valence-electron chi connectivity index (χ0n) is 12.2. The van der Waals surface area contributed by atoms with E-state index in [9.17, 15) is 0 Å². The Morgan fingerprint density at radius 3 is 2.95 bits per heavy atom. The van der Waals surface area contributed by atoms with Crippen molar-refractivity contribution in [1.29, 1.82) is 0 Å². The Labute approximate surface area is 116 Å². The maximum atomic E-state index is 5.25. The minimum absolute atomic E-state index is 0.576. The quantitative estimate of drug-likeness (QED) is 0.782. The number of pyridine rings is 1. The number of hydrogen-bond acceptors (Lipinski definition) is 4. The molecule has 1 fully saturated rings. The lowest BCUT2D eigenvalue weighted by Crippen LogP contribution is -2.37. The van der Waals surface area contributed by atoms with Crippen molar-refractivity contribution in [2.75, 3.05) is 37.0 Å². The monoisotopic (exact) mass is 263 g/mol. The molecule has 0 spiro atoms. The van der Waals surface area contributed by atoms with Crippen LogP contribution < -0.4 is 10.2 Å². The molecule has 1 aromatic heterocycles. The summed E-state index contributed by atoms with van der Waals surface area (Å²) >= 11 is 0. The Kier molecular flexibility index (Phi) is 5.02. The van der Waals surface area contributed by atoms with Gasteiger partial charge >= 0.3 is 0 Å². The summed E-state index contributed by atoms with van der Waals surface area (Å²) in [5, 5.41) is 3.27. The van der Waals surface area contributed by atoms with Gasteiger partial charge in [0.25, 0.3) is 0 Å². The van der Waals surface area contributed by atoms with Gasteiger partial charge in [0.1, 0.15) is 5.82 Å². The average molecular weight is 263 g/mol. The van der Waals surface area contributed by atoms with Gasteiger partial charge in [-0.05, 0) is 38.7 Å². The van der Waals surface area contributed by atoms with Crippen molar-refractivity contribution in [3.05, 3.63) is 18.3 Å². The molecule has 1 atom stereocenters. The Morgan fingerprint density at radius 2 is 2.32 bits per heavy atom. The van der Waals surface area contributed by atoms with Gasteiger partial charge in [-0.25, -0.2) is 4.98 Å². The molecule has 1 saturated carbocycles. The lowest BCUT2D eigenvalue weighted by molar-refractivity contribution is 0.202. The second kappa shape index (κ2) is 6.75. The number of methoxy groups -OCH3 is 1. The molecule has 106 valence electrons. The van der Waals surface area contributed by atoms with Crippen molar-refractivity contribution >= 4 is 11.5 Å². The Morgan fingerprint density at radius 1 is 1.53 bits per heavy atom. The van der Waals surface area contributed by atoms with E-state index >= 15 is 0 Å². The number of anilines is 2. The molecule has 0 bridgehead atoms. The smallest absolute Gasteiger partial charge is 0.127 e. The topological polar surface area (TPSA) is 37.4 Å². The summed E-state index contributed by atoms with van der Waals surface area (Å²) in [6.07, 6.45) is 4.60. The van der Waals surface area contributed by atoms with Gasteiger partial charge < -0.3 is 15.0 Å². The third-order valence-corrected chi connectivity index (χ3v) is 3.77. The van der Waals surface area contributed by atoms with Gasteiger partial charge in [0.05, 0.1) is 6.61 Å². The van der Waals surface area contributed by atoms with Crippen LogP contribution in [0.3, 0.4) is 0 Å². The molecule has 1 aliphatic carbocycles. The summed E-state index contributed by atoms with van der Waals surface area (Å²) in [6, 6.07) is 4.81. The van der Waals surface area contributed by atoms with E-state index in [0.29, 0.717) is 6.04 Å². The molecular formula is C15H25N3O. The minimum Gasteiger partial charge on any atom is -0.383 e. The van der Waals surface area contributed by atoms with Crippen molar-refractivity contribution in [3.8, 4) is 0 Å². The van der Waals surface area contributed by atoms with Crippen molar-refractivity contribution in [2.24, 2.45) is 5.92 Å². The van der Waals surface area contributed by atoms with Crippen molar-refractivity contribution in [2.45, 2.75) is 32.7 Å². The van der Waals surface area contributed by atoms with Gasteiger partial charge in [-0.2, -0.15) is 0 Å². The maximum Gasteiger partial charge on any atom is 0.127 e. The van der Waals surface area contributed by atoms with Crippen molar-refractivity contribution in [3.63, 3.8) is 0 Å². The molecule has 0 aromatic carbocycles. The third-order valence-electron chi connectivity index (χ3n) is 3.77. The van der Waals surface area contributed by atoms with Crippen LogP contribution in [0.2, 0.25) is 0 Å². The molecule has 2 rings (SSSR count). The highest BCUT2D eigenvalue weighted by Crippen LogP contribution is 2.37. The largest absolute Gasteiger partial charge is 0.383 e. The Bertz CT molecular complexity index is 393. The Balaban J connectivity index is 2.13. The van der Waals surface area contributed by atoms with Crippen LogP contribution in [-0.2, 0) is 4.74 Å². The summed E-state index contributed by atoms with van der Waals surface area (Å²) < 4.78 is 5.25. The molecule has 4 nitrogen and oxygen atoms in total. The minimum atomic E-state index is 0.576. The summed E-state index contributed by atoms with van der Waals surface area (Å²) in [4.78, 5) is 6.79. The summed E-state index contributed by atoms with van der Waals surface area (Å²) in [7, 11) is 1.76. The molecule has 1 heterocycles. The fourth-order valence-electron chi connectivity index (χ4n) is 2.47. The first-order valence-corrected chi connectivity index (χ1v) is 7.21. The summed E-state index contributed by atoms with van der Waals surface area (Å²) in [5.74, 6) is 1.79. The number of ether oxygens (including phenoxy) is 1. The zero-order valence-corrected chi connectivity index (χ0v) is 12.2. The lowest BCUT2D eigenvalue weighted by atomic mass is 10.1. The molecule has 0 radical (unpaired) electrons. The van der Waals surface area contributed by atoms with E-state index < -0.39 is 0 Å². The van der Waals surface area contributed by atoms with Crippen LogP contribution in [0, 0.1) is 5.92 Å². The maximum absolute atomic E-state index is 5.25. The van der Waals surface area contributed by atoms with E-state index in [-0.39, 0.29) is 0 Å². The van der Waals surface area contributed by atoms with E-state index in [2.05, 4.69) is 41.2 Å². The van der Waals surface area contributed by atoms with Crippen LogP contribution in [-0.4, -0.2) is 37.8 Å². The summed E-state index contributed by atoms with van der Waals surface area (Å²) in [5.41, 5.74) is 1.24. The molecule has 1 unspecified atom stereocenters. The van der Waals surface area contributed by atoms with Crippen LogP contribution in [0.1, 0.15) is 26.7 Å². The SMILES string of the molecule is CCNc1cc(N(CCOC)C(C)C2CC2)ccn1. The van der Waals surface area contributed by atoms with Gasteiger partial charge in [-0.1, -0.05) is 0 Å². The molecule has 4 heteroatoms. The number of nitrogens with one attached hydrogen (secondary N) is 1. The molecule has 1 aliphatic rings. The van der Waals surface area contributed by atoms with Crippen LogP contribution in [0.15, 0.2) is 18.3 Å². The number of nitrogens with zero attached hydrogens (tertiary/aromatic N) is 2. The standard InChI is InChI=1S/C15H25N3O/c1-4-16-15-11-14(7-8-17-15)18(9-10-19-3)12(2)13-5-6-13/h7-8,11-13H,4-6,9-10H2,1-3H3,(H,16,17). The van der Waals surface area contributed by atoms with E-state index in [1.165, 1.54) is 18.5 Å². The van der Waals surface area contributed by atoms with E-state index in [4.69, 9.17) is 4.74 Å². The molecule has 19 heavy (non-hydrogen) atoms. The fourth-order valence-corrected chi connectivity index (χ4v) is 2.47. The first-order valence-electron chi connectivity index (χ1n) is 7.21. The second-order valence-electron chi connectivity index (χ2n) is 5.19. The average Bonchev–Trinajstić information content (AvgIpc) is 3.24. The van der Waals surface area contributed by atoms with Crippen LogP contribution in [0.25, 0.3) is 0 Å². The fraction of sp³-hybridized carbons (Fsp3) is 0.667. The van der Waals surface area contributed by atoms with E-state index in [1.54, 1.807) is 7.11 Å². The van der Waals surface area contributed by atoms with Gasteiger partial charge in [-0.15, -0.1) is 0 Å². The van der Waals surface area contributed by atoms with Gasteiger partial charge in [0.15, 0.2) is 0 Å². The van der Waals surface area contributed by atoms with E-state index in [1.807, 2.05) is 6.20 Å². The number of rotatable bonds is 8. The van der Waals surface area contributed by atoms with E-state index in [0.717, 1.165) is 31.4 Å². The highest BCUT2D eigenvalue weighted by atomic mass is 16.5. The molecule has 1 aromatic rings. The van der Waals surface area contributed by atoms with Crippen molar-refractivity contribution < 1.29 is 4.74 Å². The lowest BCUT2D eigenvalue weighted by Gasteiger charge is -2.31. The van der Waals surface area contributed by atoms with Gasteiger partial charge in [0, 0.05) is 44.2 Å². The third kappa shape index (κ3) is 3.83. The van der Waals surface area contributed by atoms with Crippen molar-refractivity contribution in [1.82, 2.24) is 4.98 Å². The molecule has 0 saturated heterocycles. The number of aromatic nitrogens is 1. The first-order chi connectivity index (χ1) is 9.26. The molecule has 0 aliphatic heterocycles. The molecule has 1 N–H and O–H groups in total. The normalized spacial score (nSPS) is 16.2.